The molecule has 0 unspecified atom stereocenters. The average Bonchev–Trinajstić information content (AvgIpc) is 3.07. The van der Waals surface area contributed by atoms with Crippen LogP contribution in [0.3, 0.4) is 0 Å². The van der Waals surface area contributed by atoms with Crippen LogP contribution < -0.4 is 14.5 Å². The lowest BCUT2D eigenvalue weighted by atomic mass is 10.0. The second-order valence-electron chi connectivity index (χ2n) is 7.54. The summed E-state index contributed by atoms with van der Waals surface area (Å²) in [6, 6.07) is 24.6. The summed E-state index contributed by atoms with van der Waals surface area (Å²) in [6.45, 7) is 0. The van der Waals surface area contributed by atoms with Gasteiger partial charge in [0.25, 0.3) is 11.8 Å². The fourth-order valence-electron chi connectivity index (χ4n) is 3.60. The molecule has 0 saturated heterocycles. The monoisotopic (exact) mass is 444 g/mol. The summed E-state index contributed by atoms with van der Waals surface area (Å²) in [5.74, 6) is 0.495. The summed E-state index contributed by atoms with van der Waals surface area (Å²) in [6.07, 6.45) is 0. The fourth-order valence-corrected chi connectivity index (χ4v) is 4.66. The van der Waals surface area contributed by atoms with Crippen molar-refractivity contribution in [2.45, 2.75) is 5.75 Å². The quantitative estimate of drug-likeness (QED) is 0.481. The first kappa shape index (κ1) is 21.7. The number of para-hydroxylation sites is 1. The first-order valence-electron chi connectivity index (χ1n) is 10.2. The van der Waals surface area contributed by atoms with Crippen molar-refractivity contribution in [1.82, 2.24) is 0 Å². The van der Waals surface area contributed by atoms with Gasteiger partial charge in [0.2, 0.25) is 0 Å². The molecule has 5 nitrogen and oxygen atoms in total. The van der Waals surface area contributed by atoms with Crippen molar-refractivity contribution in [2.24, 2.45) is 0 Å². The zero-order chi connectivity index (χ0) is 22.7. The third-order valence-corrected chi connectivity index (χ3v) is 6.41. The van der Waals surface area contributed by atoms with E-state index in [-0.39, 0.29) is 11.8 Å². The van der Waals surface area contributed by atoms with Crippen LogP contribution in [0.1, 0.15) is 11.1 Å². The molecule has 2 amide bonds. The standard InChI is InChI=1S/C26H24N2O3S/c1-27(2)19-13-15-20(16-14-19)28-25(29)23(21-11-7-8-12-22(21)31-3)24(26(28)30)32-17-18-9-5-4-6-10-18/h4-16H,17H2,1-3H3. The zero-order valence-electron chi connectivity index (χ0n) is 18.2. The van der Waals surface area contributed by atoms with E-state index in [9.17, 15) is 9.59 Å². The molecule has 1 aliphatic heterocycles. The van der Waals surface area contributed by atoms with Crippen molar-refractivity contribution in [3.05, 3.63) is 94.9 Å². The Kier molecular flexibility index (Phi) is 6.32. The van der Waals surface area contributed by atoms with Crippen LogP contribution in [0.4, 0.5) is 11.4 Å². The zero-order valence-corrected chi connectivity index (χ0v) is 19.1. The van der Waals surface area contributed by atoms with E-state index < -0.39 is 0 Å². The molecule has 0 spiro atoms. The Balaban J connectivity index is 1.75. The number of hydrogen-bond acceptors (Lipinski definition) is 5. The van der Waals surface area contributed by atoms with Gasteiger partial charge in [0.15, 0.2) is 0 Å². The van der Waals surface area contributed by atoms with E-state index in [1.54, 1.807) is 25.3 Å². The lowest BCUT2D eigenvalue weighted by Crippen LogP contribution is -2.31. The SMILES string of the molecule is COc1ccccc1C1=C(SCc2ccccc2)C(=O)N(c2ccc(N(C)C)cc2)C1=O. The van der Waals surface area contributed by atoms with Gasteiger partial charge in [-0.15, -0.1) is 11.8 Å². The first-order chi connectivity index (χ1) is 15.5. The first-order valence-corrected chi connectivity index (χ1v) is 11.2. The summed E-state index contributed by atoms with van der Waals surface area (Å²) >= 11 is 1.38. The molecular formula is C26H24N2O3S. The smallest absolute Gasteiger partial charge is 0.272 e. The fraction of sp³-hybridized carbons (Fsp3) is 0.154. The van der Waals surface area contributed by atoms with Gasteiger partial charge in [-0.2, -0.15) is 0 Å². The third kappa shape index (κ3) is 4.14. The van der Waals surface area contributed by atoms with Gasteiger partial charge < -0.3 is 9.64 Å². The Morgan fingerprint density at radius 3 is 2.16 bits per heavy atom. The number of imide groups is 1. The van der Waals surface area contributed by atoms with Crippen LogP contribution in [0.5, 0.6) is 5.75 Å². The van der Waals surface area contributed by atoms with E-state index in [1.165, 1.54) is 16.7 Å². The Morgan fingerprint density at radius 2 is 1.50 bits per heavy atom. The van der Waals surface area contributed by atoms with Crippen LogP contribution in [-0.2, 0) is 15.3 Å². The molecule has 0 atom stereocenters. The Bertz CT molecular complexity index is 1170. The highest BCUT2D eigenvalue weighted by Gasteiger charge is 2.41. The van der Waals surface area contributed by atoms with Gasteiger partial charge in [-0.05, 0) is 35.9 Å². The van der Waals surface area contributed by atoms with Gasteiger partial charge in [-0.1, -0.05) is 48.5 Å². The molecule has 6 heteroatoms. The molecular weight excluding hydrogens is 420 g/mol. The third-order valence-electron chi connectivity index (χ3n) is 5.27. The van der Waals surface area contributed by atoms with Gasteiger partial charge in [0.1, 0.15) is 5.75 Å². The summed E-state index contributed by atoms with van der Waals surface area (Å²) in [5, 5.41) is 0. The molecule has 1 aliphatic rings. The van der Waals surface area contributed by atoms with Crippen molar-refractivity contribution < 1.29 is 14.3 Å². The summed E-state index contributed by atoms with van der Waals surface area (Å²) in [4.78, 5) is 30.8. The second kappa shape index (κ2) is 9.32. The van der Waals surface area contributed by atoms with Crippen LogP contribution in [0, 0.1) is 0 Å². The van der Waals surface area contributed by atoms with E-state index in [4.69, 9.17) is 4.74 Å². The lowest BCUT2D eigenvalue weighted by Gasteiger charge is -2.18. The molecule has 0 bridgehead atoms. The molecule has 0 aliphatic carbocycles. The number of hydrogen-bond donors (Lipinski definition) is 0. The molecule has 32 heavy (non-hydrogen) atoms. The lowest BCUT2D eigenvalue weighted by molar-refractivity contribution is -0.119. The normalized spacial score (nSPS) is 13.7. The van der Waals surface area contributed by atoms with Crippen LogP contribution in [0.15, 0.2) is 83.8 Å². The number of methoxy groups -OCH3 is 1. The number of anilines is 2. The van der Waals surface area contributed by atoms with Crippen molar-refractivity contribution in [1.29, 1.82) is 0 Å². The highest BCUT2D eigenvalue weighted by Crippen LogP contribution is 2.42. The average molecular weight is 445 g/mol. The number of ether oxygens (including phenoxy) is 1. The van der Waals surface area contributed by atoms with E-state index in [0.717, 1.165) is 11.3 Å². The highest BCUT2D eigenvalue weighted by molar-refractivity contribution is 8.03. The van der Waals surface area contributed by atoms with Gasteiger partial charge >= 0.3 is 0 Å². The van der Waals surface area contributed by atoms with E-state index in [2.05, 4.69) is 0 Å². The number of carbonyl (C=O) groups excluding carboxylic acids is 2. The molecule has 3 aromatic carbocycles. The van der Waals surface area contributed by atoms with Crippen LogP contribution in [-0.4, -0.2) is 33.0 Å². The maximum absolute atomic E-state index is 13.6. The Hall–Kier alpha value is -3.51. The van der Waals surface area contributed by atoms with Crippen LogP contribution >= 0.6 is 11.8 Å². The van der Waals surface area contributed by atoms with Crippen molar-refractivity contribution in [3.8, 4) is 5.75 Å². The number of amides is 2. The van der Waals surface area contributed by atoms with Crippen LogP contribution in [0.25, 0.3) is 5.57 Å². The molecule has 162 valence electrons. The minimum absolute atomic E-state index is 0.311. The molecule has 4 rings (SSSR count). The molecule has 0 N–H and O–H groups in total. The van der Waals surface area contributed by atoms with Crippen molar-refractivity contribution >= 4 is 40.5 Å². The number of benzene rings is 3. The molecule has 0 aromatic heterocycles. The predicted octanol–water partition coefficient (Wildman–Crippen LogP) is 4.98. The largest absolute Gasteiger partial charge is 0.496 e. The van der Waals surface area contributed by atoms with Crippen LogP contribution in [0.2, 0.25) is 0 Å². The highest BCUT2D eigenvalue weighted by atomic mass is 32.2. The minimum Gasteiger partial charge on any atom is -0.496 e. The number of thioether (sulfide) groups is 1. The summed E-state index contributed by atoms with van der Waals surface area (Å²) < 4.78 is 5.50. The van der Waals surface area contributed by atoms with Gasteiger partial charge in [0.05, 0.1) is 23.3 Å². The van der Waals surface area contributed by atoms with E-state index in [0.29, 0.717) is 33.2 Å². The predicted molar refractivity (Wildman–Crippen MR) is 131 cm³/mol. The summed E-state index contributed by atoms with van der Waals surface area (Å²) in [7, 11) is 5.46. The Labute approximate surface area is 192 Å². The van der Waals surface area contributed by atoms with Crippen molar-refractivity contribution in [2.75, 3.05) is 31.0 Å². The molecule has 0 saturated carbocycles. The minimum atomic E-state index is -0.340. The van der Waals surface area contributed by atoms with Crippen molar-refractivity contribution in [3.63, 3.8) is 0 Å². The van der Waals surface area contributed by atoms with E-state index in [1.807, 2.05) is 79.7 Å². The van der Waals surface area contributed by atoms with Gasteiger partial charge in [-0.25, -0.2) is 4.90 Å². The molecule has 1 heterocycles. The maximum atomic E-state index is 13.6. The Morgan fingerprint density at radius 1 is 0.844 bits per heavy atom. The number of rotatable bonds is 7. The maximum Gasteiger partial charge on any atom is 0.272 e. The summed E-state index contributed by atoms with van der Waals surface area (Å²) in [5.41, 5.74) is 3.62. The number of carbonyl (C=O) groups is 2. The molecule has 0 fully saturated rings. The van der Waals surface area contributed by atoms with Gasteiger partial charge in [0, 0.05) is 31.1 Å². The molecule has 0 radical (unpaired) electrons. The number of nitrogens with zero attached hydrogens (tertiary/aromatic N) is 2. The van der Waals surface area contributed by atoms with Gasteiger partial charge in [-0.3, -0.25) is 9.59 Å². The second-order valence-corrected chi connectivity index (χ2v) is 8.52. The topological polar surface area (TPSA) is 49.9 Å². The molecule has 3 aromatic rings. The van der Waals surface area contributed by atoms with E-state index >= 15 is 0 Å².